The number of esters is 1. The fraction of sp³-hybridized carbons (Fsp3) is 0.263. The van der Waals surface area contributed by atoms with E-state index in [0.717, 1.165) is 6.07 Å². The number of amides is 1. The number of hydrogen-bond donors (Lipinski definition) is 1. The van der Waals surface area contributed by atoms with Crippen LogP contribution in [0, 0.1) is 16.0 Å². The fourth-order valence-corrected chi connectivity index (χ4v) is 3.11. The van der Waals surface area contributed by atoms with Crippen LogP contribution in [-0.4, -0.2) is 22.8 Å². The zero-order valence-electron chi connectivity index (χ0n) is 15.4. The summed E-state index contributed by atoms with van der Waals surface area (Å²) < 4.78 is 5.28. The molecule has 7 nitrogen and oxygen atoms in total. The number of halogens is 3. The molecule has 0 saturated heterocycles. The van der Waals surface area contributed by atoms with Crippen LogP contribution in [0.3, 0.4) is 0 Å². The average Bonchev–Trinajstić information content (AvgIpc) is 2.65. The van der Waals surface area contributed by atoms with Crippen LogP contribution in [0.15, 0.2) is 36.4 Å². The lowest BCUT2D eigenvalue weighted by atomic mass is 10.0. The smallest absolute Gasteiger partial charge is 0.329 e. The zero-order chi connectivity index (χ0) is 21.7. The minimum Gasteiger partial charge on any atom is -0.459 e. The van der Waals surface area contributed by atoms with Crippen molar-refractivity contribution in [1.29, 1.82) is 0 Å². The van der Waals surface area contributed by atoms with E-state index < -0.39 is 28.5 Å². The highest BCUT2D eigenvalue weighted by Crippen LogP contribution is 2.26. The van der Waals surface area contributed by atoms with Gasteiger partial charge in [-0.25, -0.2) is 4.79 Å². The summed E-state index contributed by atoms with van der Waals surface area (Å²) in [6, 6.07) is 7.53. The predicted molar refractivity (Wildman–Crippen MR) is 110 cm³/mol. The highest BCUT2D eigenvalue weighted by Gasteiger charge is 2.27. The summed E-state index contributed by atoms with van der Waals surface area (Å²) in [4.78, 5) is 35.3. The number of nitro benzene ring substituents is 1. The molecule has 0 aliphatic rings. The molecule has 0 spiro atoms. The van der Waals surface area contributed by atoms with Crippen LogP contribution in [0.2, 0.25) is 15.1 Å². The molecule has 0 aliphatic heterocycles. The first-order valence-electron chi connectivity index (χ1n) is 8.46. The molecule has 10 heteroatoms. The molecule has 2 aromatic rings. The number of carbonyl (C=O) groups excluding carboxylic acids is 2. The Morgan fingerprint density at radius 2 is 1.72 bits per heavy atom. The molecule has 0 aliphatic carbocycles. The maximum atomic E-state index is 12.5. The molecule has 0 heterocycles. The van der Waals surface area contributed by atoms with E-state index in [1.54, 1.807) is 32.0 Å². The van der Waals surface area contributed by atoms with Gasteiger partial charge in [0.2, 0.25) is 0 Å². The minimum absolute atomic E-state index is 0.00583. The van der Waals surface area contributed by atoms with Crippen molar-refractivity contribution in [2.24, 2.45) is 5.92 Å². The molecular weight excluding hydrogens is 443 g/mol. The van der Waals surface area contributed by atoms with Gasteiger partial charge < -0.3 is 10.1 Å². The third-order valence-corrected chi connectivity index (χ3v) is 5.06. The second kappa shape index (κ2) is 9.91. The molecule has 0 fully saturated rings. The van der Waals surface area contributed by atoms with E-state index in [-0.39, 0.29) is 23.1 Å². The molecule has 1 unspecified atom stereocenters. The van der Waals surface area contributed by atoms with Gasteiger partial charge in [-0.1, -0.05) is 54.7 Å². The quantitative estimate of drug-likeness (QED) is 0.355. The van der Waals surface area contributed by atoms with E-state index in [9.17, 15) is 19.7 Å². The monoisotopic (exact) mass is 458 g/mol. The van der Waals surface area contributed by atoms with E-state index in [4.69, 9.17) is 39.5 Å². The molecule has 2 rings (SSSR count). The molecule has 1 amide bonds. The van der Waals surface area contributed by atoms with Gasteiger partial charge in [-0.05, 0) is 30.2 Å². The van der Waals surface area contributed by atoms with Crippen molar-refractivity contribution < 1.29 is 19.2 Å². The molecule has 154 valence electrons. The van der Waals surface area contributed by atoms with E-state index in [0.29, 0.717) is 15.6 Å². The van der Waals surface area contributed by atoms with Crippen LogP contribution in [0.4, 0.5) is 5.69 Å². The van der Waals surface area contributed by atoms with Gasteiger partial charge in [0.25, 0.3) is 11.6 Å². The second-order valence-corrected chi connectivity index (χ2v) is 7.65. The maximum absolute atomic E-state index is 12.5. The van der Waals surface area contributed by atoms with Crippen LogP contribution in [0.25, 0.3) is 0 Å². The topological polar surface area (TPSA) is 98.5 Å². The molecular formula is C19H17Cl3N2O5. The molecule has 0 radical (unpaired) electrons. The van der Waals surface area contributed by atoms with Crippen molar-refractivity contribution in [2.75, 3.05) is 0 Å². The van der Waals surface area contributed by atoms with Crippen molar-refractivity contribution in [3.05, 3.63) is 72.7 Å². The molecule has 1 atom stereocenters. The number of rotatable bonds is 7. The van der Waals surface area contributed by atoms with Crippen LogP contribution in [-0.2, 0) is 16.1 Å². The first-order valence-corrected chi connectivity index (χ1v) is 9.59. The average molecular weight is 460 g/mol. The van der Waals surface area contributed by atoms with Gasteiger partial charge in [-0.2, -0.15) is 0 Å². The van der Waals surface area contributed by atoms with Crippen molar-refractivity contribution in [3.8, 4) is 0 Å². The lowest BCUT2D eigenvalue weighted by Gasteiger charge is -2.21. The fourth-order valence-electron chi connectivity index (χ4n) is 2.42. The van der Waals surface area contributed by atoms with Crippen LogP contribution in [0.5, 0.6) is 0 Å². The first-order chi connectivity index (χ1) is 13.6. The van der Waals surface area contributed by atoms with E-state index in [2.05, 4.69) is 5.32 Å². The number of nitrogens with zero attached hydrogens (tertiary/aromatic N) is 1. The van der Waals surface area contributed by atoms with E-state index in [1.165, 1.54) is 12.1 Å². The summed E-state index contributed by atoms with van der Waals surface area (Å²) in [5.41, 5.74) is 0.0383. The van der Waals surface area contributed by atoms with Gasteiger partial charge >= 0.3 is 5.97 Å². The Bertz CT molecular complexity index is 929. The summed E-state index contributed by atoms with van der Waals surface area (Å²) in [6.07, 6.45) is 0. The summed E-state index contributed by atoms with van der Waals surface area (Å²) in [5, 5.41) is 14.1. The third-order valence-electron chi connectivity index (χ3n) is 4.03. The Morgan fingerprint density at radius 1 is 1.10 bits per heavy atom. The lowest BCUT2D eigenvalue weighted by molar-refractivity contribution is -0.384. The highest BCUT2D eigenvalue weighted by atomic mass is 35.5. The van der Waals surface area contributed by atoms with Gasteiger partial charge in [-0.3, -0.25) is 14.9 Å². The highest BCUT2D eigenvalue weighted by molar-refractivity contribution is 6.36. The Hall–Kier alpha value is -2.35. The minimum atomic E-state index is -0.988. The number of benzene rings is 2. The second-order valence-electron chi connectivity index (χ2n) is 6.43. The van der Waals surface area contributed by atoms with Crippen LogP contribution < -0.4 is 5.32 Å². The Morgan fingerprint density at radius 3 is 2.28 bits per heavy atom. The molecule has 1 N–H and O–H groups in total. The van der Waals surface area contributed by atoms with Crippen molar-refractivity contribution in [2.45, 2.75) is 26.5 Å². The van der Waals surface area contributed by atoms with Crippen LogP contribution >= 0.6 is 34.8 Å². The summed E-state index contributed by atoms with van der Waals surface area (Å²) in [5.74, 6) is -1.67. The zero-order valence-corrected chi connectivity index (χ0v) is 17.7. The lowest BCUT2D eigenvalue weighted by Crippen LogP contribution is -2.45. The predicted octanol–water partition coefficient (Wildman–Crippen LogP) is 5.05. The molecule has 29 heavy (non-hydrogen) atoms. The van der Waals surface area contributed by atoms with Gasteiger partial charge in [0.15, 0.2) is 0 Å². The van der Waals surface area contributed by atoms with Gasteiger partial charge in [0.1, 0.15) is 17.7 Å². The van der Waals surface area contributed by atoms with Crippen molar-refractivity contribution in [3.63, 3.8) is 0 Å². The number of ether oxygens (including phenoxy) is 1. The SMILES string of the molecule is CC(C)C(NC(=O)c1ccc(Cl)c([N+](=O)[O-])c1)C(=O)OCc1c(Cl)cccc1Cl. The third kappa shape index (κ3) is 5.82. The molecule has 0 aromatic heterocycles. The van der Waals surface area contributed by atoms with Gasteiger partial charge in [0.05, 0.1) is 4.92 Å². The maximum Gasteiger partial charge on any atom is 0.329 e. The largest absolute Gasteiger partial charge is 0.459 e. The number of carbonyl (C=O) groups is 2. The number of nitro groups is 1. The Kier molecular flexibility index (Phi) is 7.84. The first kappa shape index (κ1) is 22.9. The van der Waals surface area contributed by atoms with Crippen molar-refractivity contribution >= 4 is 52.4 Å². The molecule has 0 bridgehead atoms. The van der Waals surface area contributed by atoms with Crippen molar-refractivity contribution in [1.82, 2.24) is 5.32 Å². The summed E-state index contributed by atoms with van der Waals surface area (Å²) in [7, 11) is 0. The Balaban J connectivity index is 2.13. The van der Waals surface area contributed by atoms with Gasteiger partial charge in [0, 0.05) is 27.2 Å². The van der Waals surface area contributed by atoms with E-state index >= 15 is 0 Å². The van der Waals surface area contributed by atoms with Gasteiger partial charge in [-0.15, -0.1) is 0 Å². The Labute approximate surface area is 182 Å². The van der Waals surface area contributed by atoms with E-state index in [1.807, 2.05) is 0 Å². The normalized spacial score (nSPS) is 11.8. The van der Waals surface area contributed by atoms with Crippen LogP contribution in [0.1, 0.15) is 29.8 Å². The number of hydrogen-bond acceptors (Lipinski definition) is 5. The summed E-state index contributed by atoms with van der Waals surface area (Å²) >= 11 is 17.9. The summed E-state index contributed by atoms with van der Waals surface area (Å²) in [6.45, 7) is 3.28. The number of nitrogens with one attached hydrogen (secondary N) is 1. The standard InChI is InChI=1S/C19H17Cl3N2O5/c1-10(2)17(19(26)29-9-12-13(20)4-3-5-14(12)21)23-18(25)11-6-7-15(22)16(8-11)24(27)28/h3-8,10,17H,9H2,1-2H3,(H,23,25). The molecule has 2 aromatic carbocycles. The molecule has 0 saturated carbocycles.